The van der Waals surface area contributed by atoms with Crippen molar-refractivity contribution in [3.63, 3.8) is 0 Å². The predicted molar refractivity (Wildman–Crippen MR) is 65.5 cm³/mol. The minimum atomic E-state index is -1.51. The first kappa shape index (κ1) is 13.0. The number of carbonyl (C=O) groups excluding carboxylic acids is 1. The highest BCUT2D eigenvalue weighted by molar-refractivity contribution is 6.37. The van der Waals surface area contributed by atoms with Crippen LogP contribution in [0.2, 0.25) is 10.0 Å². The third-order valence-electron chi connectivity index (χ3n) is 2.81. The first-order valence-corrected chi connectivity index (χ1v) is 5.91. The first-order chi connectivity index (χ1) is 7.85. The van der Waals surface area contributed by atoms with Crippen molar-refractivity contribution in [2.24, 2.45) is 0 Å². The van der Waals surface area contributed by atoms with E-state index in [4.69, 9.17) is 39.5 Å². The number of halogens is 3. The van der Waals surface area contributed by atoms with Gasteiger partial charge in [-0.1, -0.05) is 40.9 Å². The van der Waals surface area contributed by atoms with Gasteiger partial charge in [-0.25, -0.2) is 4.79 Å². The van der Waals surface area contributed by atoms with Crippen molar-refractivity contribution in [3.05, 3.63) is 33.8 Å². The number of rotatable bonds is 2. The Bertz CT molecular complexity index is 491. The van der Waals surface area contributed by atoms with Gasteiger partial charge in [0.25, 0.3) is 5.06 Å². The maximum Gasteiger partial charge on any atom is 0.357 e. The average molecular weight is 296 g/mol. The van der Waals surface area contributed by atoms with Gasteiger partial charge in [-0.15, -0.1) is 0 Å². The molecule has 0 saturated carbocycles. The van der Waals surface area contributed by atoms with Crippen molar-refractivity contribution in [2.45, 2.75) is 17.6 Å². The van der Waals surface area contributed by atoms with Gasteiger partial charge >= 0.3 is 5.97 Å². The molecule has 1 heterocycles. The molecule has 0 amide bonds. The van der Waals surface area contributed by atoms with E-state index in [9.17, 15) is 4.79 Å². The smallest absolute Gasteiger partial charge is 0.357 e. The van der Waals surface area contributed by atoms with Crippen LogP contribution in [0, 0.1) is 0 Å². The van der Waals surface area contributed by atoms with Crippen LogP contribution in [0.5, 0.6) is 0 Å². The standard InChI is InChI=1S/C11H9Cl3O3/c1-10(11(14,17-10)9(15)16-2)7-4-3-6(12)5-8(7)13/h3-5H,1-2H3. The largest absolute Gasteiger partial charge is 0.466 e. The second-order valence-corrected chi connectivity index (χ2v) is 5.22. The molecule has 0 spiro atoms. The van der Waals surface area contributed by atoms with Gasteiger partial charge in [0.05, 0.1) is 7.11 Å². The second-order valence-electron chi connectivity index (χ2n) is 3.85. The Morgan fingerprint density at radius 2 is 2.06 bits per heavy atom. The van der Waals surface area contributed by atoms with Crippen molar-refractivity contribution in [1.82, 2.24) is 0 Å². The fourth-order valence-electron chi connectivity index (χ4n) is 1.73. The van der Waals surface area contributed by atoms with Gasteiger partial charge in [0.1, 0.15) is 5.60 Å². The van der Waals surface area contributed by atoms with E-state index in [1.807, 2.05) is 0 Å². The Labute approximate surface area is 114 Å². The number of ether oxygens (including phenoxy) is 2. The molecular weight excluding hydrogens is 286 g/mol. The van der Waals surface area contributed by atoms with E-state index in [1.54, 1.807) is 25.1 Å². The van der Waals surface area contributed by atoms with Crippen LogP contribution in [0.1, 0.15) is 12.5 Å². The molecule has 6 heteroatoms. The highest BCUT2D eigenvalue weighted by Gasteiger charge is 2.74. The van der Waals surface area contributed by atoms with E-state index in [0.717, 1.165) is 0 Å². The monoisotopic (exact) mass is 294 g/mol. The van der Waals surface area contributed by atoms with E-state index < -0.39 is 16.6 Å². The SMILES string of the molecule is COC(=O)C1(Cl)OC1(C)c1ccc(Cl)cc1Cl. The zero-order chi connectivity index (χ0) is 12.8. The number of methoxy groups -OCH3 is 1. The summed E-state index contributed by atoms with van der Waals surface area (Å²) in [6.45, 7) is 1.67. The summed E-state index contributed by atoms with van der Waals surface area (Å²) in [5.41, 5.74) is -0.396. The maximum atomic E-state index is 11.5. The summed E-state index contributed by atoms with van der Waals surface area (Å²) in [5.74, 6) is -0.646. The van der Waals surface area contributed by atoms with Gasteiger partial charge in [-0.2, -0.15) is 0 Å². The van der Waals surface area contributed by atoms with Gasteiger partial charge in [-0.3, -0.25) is 0 Å². The third kappa shape index (κ3) is 1.82. The van der Waals surface area contributed by atoms with Crippen LogP contribution in [0.4, 0.5) is 0 Å². The number of carbonyl (C=O) groups is 1. The molecule has 2 unspecified atom stereocenters. The number of esters is 1. The fourth-order valence-corrected chi connectivity index (χ4v) is 2.65. The number of benzene rings is 1. The van der Waals surface area contributed by atoms with Crippen LogP contribution in [-0.4, -0.2) is 18.1 Å². The summed E-state index contributed by atoms with van der Waals surface area (Å²) >= 11 is 17.9. The zero-order valence-electron chi connectivity index (χ0n) is 9.09. The van der Waals surface area contributed by atoms with Crippen LogP contribution in [0.15, 0.2) is 18.2 Å². The highest BCUT2D eigenvalue weighted by atomic mass is 35.5. The summed E-state index contributed by atoms with van der Waals surface area (Å²) < 4.78 is 9.91. The van der Waals surface area contributed by atoms with Crippen molar-refractivity contribution in [2.75, 3.05) is 7.11 Å². The van der Waals surface area contributed by atoms with E-state index in [2.05, 4.69) is 4.74 Å². The molecule has 1 saturated heterocycles. The lowest BCUT2D eigenvalue weighted by Crippen LogP contribution is -2.27. The summed E-state index contributed by atoms with van der Waals surface area (Å²) in [7, 11) is 1.25. The van der Waals surface area contributed by atoms with Crippen LogP contribution in [0.25, 0.3) is 0 Å². The van der Waals surface area contributed by atoms with Crippen molar-refractivity contribution in [3.8, 4) is 0 Å². The fraction of sp³-hybridized carbons (Fsp3) is 0.364. The maximum absolute atomic E-state index is 11.5. The molecule has 2 atom stereocenters. The lowest BCUT2D eigenvalue weighted by atomic mass is 9.97. The summed E-state index contributed by atoms with van der Waals surface area (Å²) in [5, 5.41) is -0.619. The quantitative estimate of drug-likeness (QED) is 0.477. The molecule has 0 N–H and O–H groups in total. The van der Waals surface area contributed by atoms with Crippen LogP contribution in [0.3, 0.4) is 0 Å². The summed E-state index contributed by atoms with van der Waals surface area (Å²) in [6.07, 6.45) is 0. The molecule has 1 fully saturated rings. The van der Waals surface area contributed by atoms with Gasteiger partial charge in [-0.05, 0) is 19.1 Å². The second kappa shape index (κ2) is 4.02. The molecule has 1 aliphatic rings. The first-order valence-electron chi connectivity index (χ1n) is 4.78. The third-order valence-corrected chi connectivity index (χ3v) is 3.95. The molecule has 92 valence electrons. The number of alkyl halides is 1. The minimum absolute atomic E-state index is 0.395. The molecule has 1 aromatic rings. The van der Waals surface area contributed by atoms with Gasteiger partial charge in [0, 0.05) is 15.6 Å². The molecule has 0 aliphatic carbocycles. The molecule has 1 aromatic carbocycles. The Morgan fingerprint density at radius 3 is 2.59 bits per heavy atom. The van der Waals surface area contributed by atoms with Gasteiger partial charge in [0.2, 0.25) is 0 Å². The van der Waals surface area contributed by atoms with Crippen molar-refractivity contribution in [1.29, 1.82) is 0 Å². The van der Waals surface area contributed by atoms with Crippen molar-refractivity contribution < 1.29 is 14.3 Å². The molecule has 17 heavy (non-hydrogen) atoms. The zero-order valence-corrected chi connectivity index (χ0v) is 11.4. The Kier molecular flexibility index (Phi) is 3.07. The number of hydrogen-bond acceptors (Lipinski definition) is 3. The summed E-state index contributed by atoms with van der Waals surface area (Å²) in [6, 6.07) is 4.90. The number of hydrogen-bond donors (Lipinski definition) is 0. The average Bonchev–Trinajstić information content (AvgIpc) is 2.82. The molecular formula is C11H9Cl3O3. The Morgan fingerprint density at radius 1 is 1.41 bits per heavy atom. The van der Waals surface area contributed by atoms with E-state index in [1.165, 1.54) is 7.11 Å². The van der Waals surface area contributed by atoms with Crippen LogP contribution >= 0.6 is 34.8 Å². The van der Waals surface area contributed by atoms with Crippen LogP contribution < -0.4 is 0 Å². The highest BCUT2D eigenvalue weighted by Crippen LogP contribution is 2.60. The van der Waals surface area contributed by atoms with E-state index in [0.29, 0.717) is 15.6 Å². The minimum Gasteiger partial charge on any atom is -0.466 e. The normalized spacial score (nSPS) is 31.1. The predicted octanol–water partition coefficient (Wildman–Crippen LogP) is 3.35. The molecule has 2 rings (SSSR count). The summed E-state index contributed by atoms with van der Waals surface area (Å²) in [4.78, 5) is 11.5. The van der Waals surface area contributed by atoms with Crippen molar-refractivity contribution >= 4 is 40.8 Å². The van der Waals surface area contributed by atoms with Gasteiger partial charge < -0.3 is 9.47 Å². The van der Waals surface area contributed by atoms with Crippen LogP contribution in [-0.2, 0) is 19.9 Å². The topological polar surface area (TPSA) is 38.8 Å². The molecule has 0 radical (unpaired) electrons. The Balaban J connectivity index is 2.40. The molecule has 0 aromatic heterocycles. The molecule has 0 bridgehead atoms. The number of epoxide rings is 1. The lowest BCUT2D eigenvalue weighted by Gasteiger charge is -2.11. The molecule has 3 nitrogen and oxygen atoms in total. The van der Waals surface area contributed by atoms with E-state index in [-0.39, 0.29) is 0 Å². The Hall–Kier alpha value is -0.480. The van der Waals surface area contributed by atoms with E-state index >= 15 is 0 Å². The lowest BCUT2D eigenvalue weighted by molar-refractivity contribution is -0.143. The van der Waals surface area contributed by atoms with Gasteiger partial charge in [0.15, 0.2) is 0 Å². The molecule has 1 aliphatic heterocycles.